The zero-order chi connectivity index (χ0) is 13.4. The number of ether oxygens (including phenoxy) is 1. The Kier molecular flexibility index (Phi) is 2.71. The number of Topliss-reactive ketones (excluding diaryl/α,β-unsaturated/α-hetero) is 1. The van der Waals surface area contributed by atoms with Crippen LogP contribution >= 0.6 is 0 Å². The van der Waals surface area contributed by atoms with Crippen LogP contribution in [0, 0.1) is 13.8 Å². The Morgan fingerprint density at radius 1 is 1.00 bits per heavy atom. The van der Waals surface area contributed by atoms with E-state index in [0.717, 1.165) is 16.7 Å². The van der Waals surface area contributed by atoms with Gasteiger partial charge in [0.25, 0.3) is 0 Å². The molecule has 1 aliphatic heterocycles. The van der Waals surface area contributed by atoms with Gasteiger partial charge in [-0.2, -0.15) is 0 Å². The number of hydrogen-bond donors (Lipinski definition) is 0. The molecule has 0 bridgehead atoms. The summed E-state index contributed by atoms with van der Waals surface area (Å²) in [6.45, 7) is 4.02. The zero-order valence-electron chi connectivity index (χ0n) is 10.9. The lowest BCUT2D eigenvalue weighted by Gasteiger charge is -2.02. The maximum atomic E-state index is 12.3. The molecule has 3 rings (SSSR count). The molecule has 0 N–H and O–H groups in total. The molecule has 0 spiro atoms. The molecule has 0 radical (unpaired) electrons. The Hall–Kier alpha value is -2.35. The fraction of sp³-hybridized carbons (Fsp3) is 0.118. The number of benzene rings is 2. The molecule has 2 nitrogen and oxygen atoms in total. The molecular weight excluding hydrogens is 236 g/mol. The van der Waals surface area contributed by atoms with Crippen molar-refractivity contribution in [2.75, 3.05) is 0 Å². The van der Waals surface area contributed by atoms with Gasteiger partial charge in [-0.05, 0) is 48.7 Å². The summed E-state index contributed by atoms with van der Waals surface area (Å²) in [7, 11) is 0. The molecule has 0 aliphatic carbocycles. The third-order valence-electron chi connectivity index (χ3n) is 3.38. The van der Waals surface area contributed by atoms with Gasteiger partial charge in [0.15, 0.2) is 5.76 Å². The second-order valence-corrected chi connectivity index (χ2v) is 4.78. The van der Waals surface area contributed by atoms with Crippen molar-refractivity contribution < 1.29 is 9.53 Å². The van der Waals surface area contributed by atoms with Crippen LogP contribution in [-0.2, 0) is 0 Å². The summed E-state index contributed by atoms with van der Waals surface area (Å²) in [6.07, 6.45) is 1.78. The molecule has 19 heavy (non-hydrogen) atoms. The van der Waals surface area contributed by atoms with Gasteiger partial charge in [0.05, 0.1) is 5.56 Å². The van der Waals surface area contributed by atoms with E-state index in [9.17, 15) is 4.79 Å². The standard InChI is InChI=1S/C17H14O2/c1-11-8-14-15(9-12(11)2)19-16(17(14)18)10-13-6-4-3-5-7-13/h3-10H,1-2H3/b16-10-. The highest BCUT2D eigenvalue weighted by Gasteiger charge is 2.27. The molecule has 2 heteroatoms. The van der Waals surface area contributed by atoms with E-state index in [1.807, 2.05) is 56.3 Å². The Bertz CT molecular complexity index is 682. The average molecular weight is 250 g/mol. The third-order valence-corrected chi connectivity index (χ3v) is 3.38. The summed E-state index contributed by atoms with van der Waals surface area (Å²) in [5, 5.41) is 0. The number of rotatable bonds is 1. The Morgan fingerprint density at radius 2 is 1.68 bits per heavy atom. The fourth-order valence-electron chi connectivity index (χ4n) is 2.14. The molecule has 0 saturated carbocycles. The van der Waals surface area contributed by atoms with E-state index >= 15 is 0 Å². The topological polar surface area (TPSA) is 26.3 Å². The largest absolute Gasteiger partial charge is 0.452 e. The first-order valence-corrected chi connectivity index (χ1v) is 6.26. The van der Waals surface area contributed by atoms with Crippen LogP contribution in [0.4, 0.5) is 0 Å². The van der Waals surface area contributed by atoms with Crippen LogP contribution in [0.3, 0.4) is 0 Å². The maximum Gasteiger partial charge on any atom is 0.231 e. The summed E-state index contributed by atoms with van der Waals surface area (Å²) in [4.78, 5) is 12.3. The third kappa shape index (κ3) is 2.06. The first-order valence-electron chi connectivity index (χ1n) is 6.26. The lowest BCUT2D eigenvalue weighted by atomic mass is 10.0. The first kappa shape index (κ1) is 11.7. The van der Waals surface area contributed by atoms with Crippen LogP contribution in [0.25, 0.3) is 6.08 Å². The number of aryl methyl sites for hydroxylation is 2. The molecule has 0 amide bonds. The van der Waals surface area contributed by atoms with Gasteiger partial charge in [-0.3, -0.25) is 4.79 Å². The molecular formula is C17H14O2. The van der Waals surface area contributed by atoms with Gasteiger partial charge in [-0.25, -0.2) is 0 Å². The van der Waals surface area contributed by atoms with Crippen molar-refractivity contribution >= 4 is 11.9 Å². The van der Waals surface area contributed by atoms with Gasteiger partial charge in [0.2, 0.25) is 5.78 Å². The van der Waals surface area contributed by atoms with Crippen LogP contribution < -0.4 is 4.74 Å². The molecule has 1 aliphatic rings. The molecule has 94 valence electrons. The molecule has 0 fully saturated rings. The van der Waals surface area contributed by atoms with Crippen molar-refractivity contribution in [3.8, 4) is 5.75 Å². The van der Waals surface area contributed by atoms with Gasteiger partial charge >= 0.3 is 0 Å². The van der Waals surface area contributed by atoms with Crippen molar-refractivity contribution in [1.82, 2.24) is 0 Å². The minimum atomic E-state index is -0.0399. The normalized spacial score (nSPS) is 15.5. The lowest BCUT2D eigenvalue weighted by Crippen LogP contribution is -1.98. The highest BCUT2D eigenvalue weighted by Crippen LogP contribution is 2.33. The van der Waals surface area contributed by atoms with E-state index < -0.39 is 0 Å². The van der Waals surface area contributed by atoms with E-state index in [-0.39, 0.29) is 5.78 Å². The second kappa shape index (κ2) is 4.39. The molecule has 0 unspecified atom stereocenters. The van der Waals surface area contributed by atoms with Crippen LogP contribution in [0.15, 0.2) is 48.2 Å². The molecule has 0 atom stereocenters. The lowest BCUT2D eigenvalue weighted by molar-refractivity contribution is 0.101. The molecule has 0 saturated heterocycles. The SMILES string of the molecule is Cc1cc2c(cc1C)C(=O)/C(=C/c1ccccc1)O2. The number of carbonyl (C=O) groups is 1. The van der Waals surface area contributed by atoms with Crippen LogP contribution in [-0.4, -0.2) is 5.78 Å². The summed E-state index contributed by atoms with van der Waals surface area (Å²) in [5.74, 6) is 1.02. The van der Waals surface area contributed by atoms with Gasteiger partial charge in [0.1, 0.15) is 5.75 Å². The van der Waals surface area contributed by atoms with Crippen molar-refractivity contribution in [2.24, 2.45) is 0 Å². The summed E-state index contributed by atoms with van der Waals surface area (Å²) in [6, 6.07) is 13.5. The van der Waals surface area contributed by atoms with Crippen molar-refractivity contribution in [1.29, 1.82) is 0 Å². The van der Waals surface area contributed by atoms with Gasteiger partial charge < -0.3 is 4.74 Å². The predicted molar refractivity (Wildman–Crippen MR) is 75.3 cm³/mol. The minimum Gasteiger partial charge on any atom is -0.452 e. The number of carbonyl (C=O) groups excluding carboxylic acids is 1. The molecule has 0 aromatic heterocycles. The second-order valence-electron chi connectivity index (χ2n) is 4.78. The van der Waals surface area contributed by atoms with Crippen molar-refractivity contribution in [3.63, 3.8) is 0 Å². The van der Waals surface area contributed by atoms with Crippen molar-refractivity contribution in [2.45, 2.75) is 13.8 Å². The van der Waals surface area contributed by atoms with Gasteiger partial charge in [-0.1, -0.05) is 30.3 Å². The van der Waals surface area contributed by atoms with Crippen molar-refractivity contribution in [3.05, 3.63) is 70.5 Å². The zero-order valence-corrected chi connectivity index (χ0v) is 10.9. The first-order chi connectivity index (χ1) is 9.15. The van der Waals surface area contributed by atoms with Crippen LogP contribution in [0.1, 0.15) is 27.0 Å². The minimum absolute atomic E-state index is 0.0399. The Morgan fingerprint density at radius 3 is 2.42 bits per heavy atom. The molecule has 2 aromatic rings. The van der Waals surface area contributed by atoms with E-state index in [1.165, 1.54) is 0 Å². The van der Waals surface area contributed by atoms with E-state index in [2.05, 4.69) is 0 Å². The summed E-state index contributed by atoms with van der Waals surface area (Å²) >= 11 is 0. The Labute approximate surface area is 112 Å². The van der Waals surface area contributed by atoms with E-state index in [1.54, 1.807) is 6.08 Å². The highest BCUT2D eigenvalue weighted by atomic mass is 16.5. The smallest absolute Gasteiger partial charge is 0.231 e. The molecule has 1 heterocycles. The monoisotopic (exact) mass is 250 g/mol. The highest BCUT2D eigenvalue weighted by molar-refractivity contribution is 6.14. The average Bonchev–Trinajstić information content (AvgIpc) is 2.69. The number of ketones is 1. The van der Waals surface area contributed by atoms with Gasteiger partial charge in [-0.15, -0.1) is 0 Å². The number of allylic oxidation sites excluding steroid dienone is 1. The Balaban J connectivity index is 2.02. The number of fused-ring (bicyclic) bond motifs is 1. The summed E-state index contributed by atoms with van der Waals surface area (Å²) in [5.41, 5.74) is 3.86. The van der Waals surface area contributed by atoms with Crippen LogP contribution in [0.2, 0.25) is 0 Å². The van der Waals surface area contributed by atoms with Crippen LogP contribution in [0.5, 0.6) is 5.75 Å². The summed E-state index contributed by atoms with van der Waals surface area (Å²) < 4.78 is 5.67. The van der Waals surface area contributed by atoms with Gasteiger partial charge in [0, 0.05) is 0 Å². The maximum absolute atomic E-state index is 12.3. The molecule has 2 aromatic carbocycles. The van der Waals surface area contributed by atoms with E-state index in [4.69, 9.17) is 4.74 Å². The van der Waals surface area contributed by atoms with E-state index in [0.29, 0.717) is 17.1 Å². The fourth-order valence-corrected chi connectivity index (χ4v) is 2.14. The predicted octanol–water partition coefficient (Wildman–Crippen LogP) is 3.92. The number of hydrogen-bond acceptors (Lipinski definition) is 2. The quantitative estimate of drug-likeness (QED) is 0.717.